The predicted molar refractivity (Wildman–Crippen MR) is 79.6 cm³/mol. The minimum Gasteiger partial charge on any atom is -0.290 e. The SMILES string of the molecule is CCC1CCC(C)N1Cc1nc(Cl)c2cnn(C)c2n1. The van der Waals surface area contributed by atoms with E-state index in [4.69, 9.17) is 11.6 Å². The van der Waals surface area contributed by atoms with Crippen LogP contribution in [-0.2, 0) is 13.6 Å². The van der Waals surface area contributed by atoms with Crippen LogP contribution in [0, 0.1) is 0 Å². The number of hydrogen-bond acceptors (Lipinski definition) is 4. The van der Waals surface area contributed by atoms with Gasteiger partial charge in [-0.3, -0.25) is 9.58 Å². The van der Waals surface area contributed by atoms with E-state index >= 15 is 0 Å². The Labute approximate surface area is 124 Å². The Hall–Kier alpha value is -1.20. The zero-order valence-electron chi connectivity index (χ0n) is 12.2. The number of fused-ring (bicyclic) bond motifs is 1. The second kappa shape index (κ2) is 5.30. The Morgan fingerprint density at radius 2 is 2.15 bits per heavy atom. The summed E-state index contributed by atoms with van der Waals surface area (Å²) in [6.07, 6.45) is 5.40. The number of hydrogen-bond donors (Lipinski definition) is 0. The molecule has 0 aliphatic carbocycles. The maximum absolute atomic E-state index is 6.24. The molecule has 2 aromatic heterocycles. The van der Waals surface area contributed by atoms with Crippen molar-refractivity contribution in [2.24, 2.45) is 7.05 Å². The lowest BCUT2D eigenvalue weighted by Gasteiger charge is -2.26. The van der Waals surface area contributed by atoms with E-state index in [9.17, 15) is 0 Å². The molecular weight excluding hydrogens is 274 g/mol. The molecule has 0 radical (unpaired) electrons. The molecule has 20 heavy (non-hydrogen) atoms. The molecule has 1 aliphatic heterocycles. The van der Waals surface area contributed by atoms with Gasteiger partial charge in [-0.15, -0.1) is 0 Å². The second-order valence-electron chi connectivity index (χ2n) is 5.60. The summed E-state index contributed by atoms with van der Waals surface area (Å²) in [6.45, 7) is 5.29. The Bertz CT molecular complexity index is 623. The van der Waals surface area contributed by atoms with Crippen molar-refractivity contribution >= 4 is 22.6 Å². The highest BCUT2D eigenvalue weighted by Crippen LogP contribution is 2.28. The van der Waals surface area contributed by atoms with Crippen LogP contribution >= 0.6 is 11.6 Å². The lowest BCUT2D eigenvalue weighted by atomic mass is 10.1. The topological polar surface area (TPSA) is 46.8 Å². The van der Waals surface area contributed by atoms with Crippen LogP contribution in [0.25, 0.3) is 11.0 Å². The molecule has 3 heterocycles. The highest BCUT2D eigenvalue weighted by Gasteiger charge is 2.30. The Kier molecular flexibility index (Phi) is 3.65. The Morgan fingerprint density at radius 1 is 1.35 bits per heavy atom. The van der Waals surface area contributed by atoms with Crippen molar-refractivity contribution in [1.82, 2.24) is 24.6 Å². The van der Waals surface area contributed by atoms with Crippen LogP contribution in [-0.4, -0.2) is 36.7 Å². The van der Waals surface area contributed by atoms with Crippen LogP contribution in [0.15, 0.2) is 6.20 Å². The van der Waals surface area contributed by atoms with E-state index in [1.165, 1.54) is 19.3 Å². The molecule has 0 aromatic carbocycles. The van der Waals surface area contributed by atoms with Gasteiger partial charge in [0.15, 0.2) is 5.65 Å². The van der Waals surface area contributed by atoms with E-state index < -0.39 is 0 Å². The Morgan fingerprint density at radius 3 is 2.90 bits per heavy atom. The average Bonchev–Trinajstić information content (AvgIpc) is 2.96. The predicted octanol–water partition coefficient (Wildman–Crippen LogP) is 2.78. The summed E-state index contributed by atoms with van der Waals surface area (Å²) in [7, 11) is 1.88. The normalized spacial score (nSPS) is 23.8. The monoisotopic (exact) mass is 293 g/mol. The molecule has 3 rings (SSSR count). The quantitative estimate of drug-likeness (QED) is 0.817. The van der Waals surface area contributed by atoms with Crippen molar-refractivity contribution in [3.05, 3.63) is 17.2 Å². The van der Waals surface area contributed by atoms with E-state index in [1.54, 1.807) is 10.9 Å². The van der Waals surface area contributed by atoms with E-state index in [0.717, 1.165) is 23.4 Å². The third-order valence-electron chi connectivity index (χ3n) is 4.34. The Balaban J connectivity index is 1.92. The summed E-state index contributed by atoms with van der Waals surface area (Å²) >= 11 is 6.24. The summed E-state index contributed by atoms with van der Waals surface area (Å²) in [5, 5.41) is 5.51. The fourth-order valence-corrected chi connectivity index (χ4v) is 3.34. The summed E-state index contributed by atoms with van der Waals surface area (Å²) in [4.78, 5) is 11.6. The summed E-state index contributed by atoms with van der Waals surface area (Å²) < 4.78 is 1.75. The first-order chi connectivity index (χ1) is 9.60. The van der Waals surface area contributed by atoms with Gasteiger partial charge < -0.3 is 0 Å². The molecule has 1 aliphatic rings. The molecule has 108 valence electrons. The molecule has 2 unspecified atom stereocenters. The highest BCUT2D eigenvalue weighted by atomic mass is 35.5. The van der Waals surface area contributed by atoms with Gasteiger partial charge in [0.2, 0.25) is 0 Å². The smallest absolute Gasteiger partial charge is 0.162 e. The molecule has 1 saturated heterocycles. The van der Waals surface area contributed by atoms with Gasteiger partial charge in [0.1, 0.15) is 11.0 Å². The summed E-state index contributed by atoms with van der Waals surface area (Å²) in [5.74, 6) is 0.790. The third-order valence-corrected chi connectivity index (χ3v) is 4.63. The first kappa shape index (κ1) is 13.8. The first-order valence-corrected chi connectivity index (χ1v) is 7.57. The molecule has 2 atom stereocenters. The number of rotatable bonds is 3. The zero-order chi connectivity index (χ0) is 14.3. The van der Waals surface area contributed by atoms with Gasteiger partial charge in [-0.1, -0.05) is 18.5 Å². The second-order valence-corrected chi connectivity index (χ2v) is 5.95. The lowest BCUT2D eigenvalue weighted by molar-refractivity contribution is 0.185. The van der Waals surface area contributed by atoms with Crippen molar-refractivity contribution in [1.29, 1.82) is 0 Å². The third kappa shape index (κ3) is 2.29. The van der Waals surface area contributed by atoms with Crippen LogP contribution in [0.3, 0.4) is 0 Å². The first-order valence-electron chi connectivity index (χ1n) is 7.20. The molecule has 0 N–H and O–H groups in total. The van der Waals surface area contributed by atoms with E-state index in [0.29, 0.717) is 17.2 Å². The highest BCUT2D eigenvalue weighted by molar-refractivity contribution is 6.33. The fourth-order valence-electron chi connectivity index (χ4n) is 3.11. The van der Waals surface area contributed by atoms with E-state index in [-0.39, 0.29) is 0 Å². The molecule has 2 aromatic rings. The van der Waals surface area contributed by atoms with Crippen LogP contribution in [0.2, 0.25) is 5.15 Å². The van der Waals surface area contributed by atoms with E-state index in [1.807, 2.05) is 7.05 Å². The van der Waals surface area contributed by atoms with E-state index in [2.05, 4.69) is 33.8 Å². The number of likely N-dealkylation sites (tertiary alicyclic amines) is 1. The van der Waals surface area contributed by atoms with Gasteiger partial charge >= 0.3 is 0 Å². The summed E-state index contributed by atoms with van der Waals surface area (Å²) in [6, 6.07) is 1.22. The summed E-state index contributed by atoms with van der Waals surface area (Å²) in [5.41, 5.74) is 0.805. The average molecular weight is 294 g/mol. The molecule has 6 heteroatoms. The van der Waals surface area contributed by atoms with Crippen molar-refractivity contribution in [2.45, 2.75) is 51.7 Å². The van der Waals surface area contributed by atoms with Crippen molar-refractivity contribution in [2.75, 3.05) is 0 Å². The van der Waals surface area contributed by atoms with Gasteiger partial charge in [-0.2, -0.15) is 5.10 Å². The molecule has 0 amide bonds. The van der Waals surface area contributed by atoms with Gasteiger partial charge in [-0.05, 0) is 26.2 Å². The van der Waals surface area contributed by atoms with Crippen LogP contribution in [0.4, 0.5) is 0 Å². The minimum absolute atomic E-state index is 0.498. The maximum Gasteiger partial charge on any atom is 0.162 e. The van der Waals surface area contributed by atoms with Crippen LogP contribution < -0.4 is 0 Å². The maximum atomic E-state index is 6.24. The molecule has 0 spiro atoms. The van der Waals surface area contributed by atoms with Gasteiger partial charge in [0.25, 0.3) is 0 Å². The number of aromatic nitrogens is 4. The molecule has 5 nitrogen and oxygen atoms in total. The number of halogens is 1. The van der Waals surface area contributed by atoms with Gasteiger partial charge in [0, 0.05) is 19.1 Å². The van der Waals surface area contributed by atoms with Crippen LogP contribution in [0.1, 0.15) is 38.9 Å². The number of nitrogens with zero attached hydrogens (tertiary/aromatic N) is 5. The largest absolute Gasteiger partial charge is 0.290 e. The zero-order valence-corrected chi connectivity index (χ0v) is 12.9. The van der Waals surface area contributed by atoms with Crippen molar-refractivity contribution in [3.8, 4) is 0 Å². The minimum atomic E-state index is 0.498. The molecular formula is C14H20ClN5. The lowest BCUT2D eigenvalue weighted by Crippen LogP contribution is -2.34. The molecule has 0 bridgehead atoms. The van der Waals surface area contributed by atoms with Crippen molar-refractivity contribution in [3.63, 3.8) is 0 Å². The van der Waals surface area contributed by atoms with Gasteiger partial charge in [-0.25, -0.2) is 9.97 Å². The molecule has 1 fully saturated rings. The fraction of sp³-hybridized carbons (Fsp3) is 0.643. The van der Waals surface area contributed by atoms with Crippen molar-refractivity contribution < 1.29 is 0 Å². The number of aryl methyl sites for hydroxylation is 1. The molecule has 0 saturated carbocycles. The van der Waals surface area contributed by atoms with Crippen LogP contribution in [0.5, 0.6) is 0 Å². The standard InChI is InChI=1S/C14H20ClN5/c1-4-10-6-5-9(2)20(10)8-12-17-13(15)11-7-16-19(3)14(11)18-12/h7,9-10H,4-6,8H2,1-3H3. The van der Waals surface area contributed by atoms with Gasteiger partial charge in [0.05, 0.1) is 18.1 Å².